The van der Waals surface area contributed by atoms with E-state index >= 15 is 0 Å². The highest BCUT2D eigenvalue weighted by atomic mass is 32.2. The number of halogens is 1. The van der Waals surface area contributed by atoms with E-state index in [-0.39, 0.29) is 10.7 Å². The smallest absolute Gasteiger partial charge is 0.177 e. The van der Waals surface area contributed by atoms with E-state index in [1.165, 1.54) is 6.07 Å². The minimum atomic E-state index is -3.46. The maximum Gasteiger partial charge on any atom is 0.177 e. The molecule has 0 atom stereocenters. The lowest BCUT2D eigenvalue weighted by molar-refractivity contribution is 0.552. The van der Waals surface area contributed by atoms with E-state index in [0.717, 1.165) is 23.9 Å². The Bertz CT molecular complexity index is 892. The second-order valence-corrected chi connectivity index (χ2v) is 8.09. The maximum atomic E-state index is 13.9. The topological polar surface area (TPSA) is 49.7 Å². The van der Waals surface area contributed by atoms with E-state index in [9.17, 15) is 12.8 Å². The fraction of sp³-hybridized carbons (Fsp3) is 0.316. The minimum absolute atomic E-state index is 0.158. The average molecular weight is 362 g/mol. The lowest BCUT2D eigenvalue weighted by Crippen LogP contribution is -2.14. The van der Waals surface area contributed by atoms with E-state index < -0.39 is 9.84 Å². The lowest BCUT2D eigenvalue weighted by Gasteiger charge is -2.13. The summed E-state index contributed by atoms with van der Waals surface area (Å²) in [6.07, 6.45) is 3.10. The van der Waals surface area contributed by atoms with Crippen LogP contribution in [0.15, 0.2) is 46.3 Å². The molecule has 134 valence electrons. The monoisotopic (exact) mass is 362 g/mol. The number of hydrogen-bond acceptors (Lipinski definition) is 3. The molecule has 2 rings (SSSR count). The summed E-state index contributed by atoms with van der Waals surface area (Å²) in [6.45, 7) is 4.62. The van der Waals surface area contributed by atoms with Crippen molar-refractivity contribution >= 4 is 21.9 Å². The minimum Gasteiger partial charge on any atom is -0.366 e. The van der Waals surface area contributed by atoms with Crippen LogP contribution in [0, 0.1) is 12.7 Å². The summed E-state index contributed by atoms with van der Waals surface area (Å²) in [6, 6.07) is 9.86. The van der Waals surface area contributed by atoms with E-state index in [4.69, 9.17) is 0 Å². The number of aryl methyl sites for hydroxylation is 1. The summed E-state index contributed by atoms with van der Waals surface area (Å²) in [5.74, 6) is -0.297. The van der Waals surface area contributed by atoms with Gasteiger partial charge in [-0.2, -0.15) is 0 Å². The van der Waals surface area contributed by atoms with Crippen LogP contribution < -0.4 is 0 Å². The van der Waals surface area contributed by atoms with Crippen LogP contribution in [0.5, 0.6) is 0 Å². The molecule has 2 aromatic rings. The molecule has 0 saturated heterocycles. The van der Waals surface area contributed by atoms with Gasteiger partial charge in [-0.25, -0.2) is 17.8 Å². The third-order valence-electron chi connectivity index (χ3n) is 4.05. The van der Waals surface area contributed by atoms with Crippen LogP contribution in [0.3, 0.4) is 0 Å². The van der Waals surface area contributed by atoms with Crippen LogP contribution in [-0.4, -0.2) is 39.5 Å². The van der Waals surface area contributed by atoms with E-state index in [0.29, 0.717) is 17.7 Å². The quantitative estimate of drug-likeness (QED) is 0.581. The summed E-state index contributed by atoms with van der Waals surface area (Å²) in [7, 11) is -1.59. The molecule has 0 amide bonds. The molecule has 0 heterocycles. The van der Waals surface area contributed by atoms with Gasteiger partial charge in [-0.15, -0.1) is 0 Å². The molecular formula is C19H23FN2O2S. The van der Waals surface area contributed by atoms with Gasteiger partial charge in [-0.1, -0.05) is 18.2 Å². The van der Waals surface area contributed by atoms with Gasteiger partial charge in [0, 0.05) is 26.3 Å². The summed E-state index contributed by atoms with van der Waals surface area (Å²) in [4.78, 5) is 6.33. The second-order valence-electron chi connectivity index (χ2n) is 6.10. The number of benzene rings is 2. The first kappa shape index (κ1) is 19.1. The van der Waals surface area contributed by atoms with Crippen molar-refractivity contribution in [3.05, 3.63) is 58.9 Å². The van der Waals surface area contributed by atoms with E-state index in [1.807, 2.05) is 25.8 Å². The van der Waals surface area contributed by atoms with Crippen molar-refractivity contribution in [1.29, 1.82) is 0 Å². The Hall–Kier alpha value is -2.21. The second kappa shape index (κ2) is 7.78. The van der Waals surface area contributed by atoms with Crippen LogP contribution in [0.1, 0.15) is 23.6 Å². The Labute approximate surface area is 148 Å². The van der Waals surface area contributed by atoms with Crippen molar-refractivity contribution in [1.82, 2.24) is 4.90 Å². The van der Waals surface area contributed by atoms with Gasteiger partial charge in [0.2, 0.25) is 0 Å². The zero-order chi connectivity index (χ0) is 18.6. The molecule has 0 saturated carbocycles. The third kappa shape index (κ3) is 4.89. The van der Waals surface area contributed by atoms with Crippen LogP contribution in [0.4, 0.5) is 10.1 Å². The van der Waals surface area contributed by atoms with Crippen LogP contribution in [0.2, 0.25) is 0 Å². The first-order valence-electron chi connectivity index (χ1n) is 8.03. The number of rotatable bonds is 6. The molecular weight excluding hydrogens is 339 g/mol. The summed E-state index contributed by atoms with van der Waals surface area (Å²) < 4.78 is 38.3. The van der Waals surface area contributed by atoms with Gasteiger partial charge < -0.3 is 4.90 Å². The standard InChI is InChI=1S/C19H23FN2O2S/c1-5-22(3)13-21-18-10-14(2)16(12-19(18)25(4,23)24)11-15-8-6-7-9-17(15)20/h6-10,12-13H,5,11H2,1-4H3. The summed E-state index contributed by atoms with van der Waals surface area (Å²) in [5, 5.41) is 0. The van der Waals surface area contributed by atoms with Crippen LogP contribution >= 0.6 is 0 Å². The molecule has 0 spiro atoms. The first-order chi connectivity index (χ1) is 11.7. The van der Waals surface area contributed by atoms with Crippen molar-refractivity contribution in [2.24, 2.45) is 4.99 Å². The molecule has 0 bridgehead atoms. The van der Waals surface area contributed by atoms with Crippen LogP contribution in [0.25, 0.3) is 0 Å². The molecule has 0 aliphatic rings. The molecule has 0 aliphatic carbocycles. The maximum absolute atomic E-state index is 13.9. The van der Waals surface area contributed by atoms with E-state index in [2.05, 4.69) is 4.99 Å². The Balaban J connectivity index is 2.51. The summed E-state index contributed by atoms with van der Waals surface area (Å²) >= 11 is 0. The lowest BCUT2D eigenvalue weighted by atomic mass is 9.99. The normalized spacial score (nSPS) is 11.9. The van der Waals surface area contributed by atoms with Crippen LogP contribution in [-0.2, 0) is 16.3 Å². The van der Waals surface area contributed by atoms with Gasteiger partial charge in [0.25, 0.3) is 0 Å². The summed E-state index contributed by atoms with van der Waals surface area (Å²) in [5.41, 5.74) is 2.58. The highest BCUT2D eigenvalue weighted by Crippen LogP contribution is 2.29. The largest absolute Gasteiger partial charge is 0.366 e. The molecule has 25 heavy (non-hydrogen) atoms. The highest BCUT2D eigenvalue weighted by molar-refractivity contribution is 7.90. The molecule has 4 nitrogen and oxygen atoms in total. The van der Waals surface area contributed by atoms with Crippen molar-refractivity contribution in [2.45, 2.75) is 25.2 Å². The number of sulfone groups is 1. The Morgan fingerprint density at radius 2 is 1.88 bits per heavy atom. The molecule has 0 aromatic heterocycles. The van der Waals surface area contributed by atoms with Crippen molar-refractivity contribution in [3.63, 3.8) is 0 Å². The molecule has 0 radical (unpaired) electrons. The van der Waals surface area contributed by atoms with E-state index in [1.54, 1.807) is 36.7 Å². The van der Waals surface area contributed by atoms with Gasteiger partial charge in [0.1, 0.15) is 5.82 Å². The number of aliphatic imine (C=N–C) groups is 1. The van der Waals surface area contributed by atoms with Crippen molar-refractivity contribution in [2.75, 3.05) is 19.8 Å². The van der Waals surface area contributed by atoms with Crippen molar-refractivity contribution in [3.8, 4) is 0 Å². The molecule has 0 unspecified atom stereocenters. The van der Waals surface area contributed by atoms with Gasteiger partial charge in [-0.3, -0.25) is 0 Å². The Morgan fingerprint density at radius 3 is 2.48 bits per heavy atom. The average Bonchev–Trinajstić information content (AvgIpc) is 2.55. The molecule has 0 N–H and O–H groups in total. The SMILES string of the molecule is CCN(C)C=Nc1cc(C)c(Cc2ccccc2F)cc1S(C)(=O)=O. The predicted octanol–water partition coefficient (Wildman–Crippen LogP) is 3.74. The van der Waals surface area contributed by atoms with Gasteiger partial charge >= 0.3 is 0 Å². The van der Waals surface area contributed by atoms with Gasteiger partial charge in [0.15, 0.2) is 9.84 Å². The zero-order valence-electron chi connectivity index (χ0n) is 15.0. The molecule has 6 heteroatoms. The fourth-order valence-electron chi connectivity index (χ4n) is 2.39. The Morgan fingerprint density at radius 1 is 1.20 bits per heavy atom. The fourth-order valence-corrected chi connectivity index (χ4v) is 3.24. The zero-order valence-corrected chi connectivity index (χ0v) is 15.8. The highest BCUT2D eigenvalue weighted by Gasteiger charge is 2.16. The molecule has 2 aromatic carbocycles. The molecule has 0 fully saturated rings. The third-order valence-corrected chi connectivity index (χ3v) is 5.17. The number of hydrogen-bond donors (Lipinski definition) is 0. The molecule has 0 aliphatic heterocycles. The number of nitrogens with zero attached hydrogens (tertiary/aromatic N) is 2. The van der Waals surface area contributed by atoms with Gasteiger partial charge in [0.05, 0.1) is 16.9 Å². The first-order valence-corrected chi connectivity index (χ1v) is 9.93. The Kier molecular flexibility index (Phi) is 5.95. The van der Waals surface area contributed by atoms with Gasteiger partial charge in [-0.05, 0) is 48.7 Å². The predicted molar refractivity (Wildman–Crippen MR) is 100.0 cm³/mol. The van der Waals surface area contributed by atoms with Crippen molar-refractivity contribution < 1.29 is 12.8 Å².